The van der Waals surface area contributed by atoms with Gasteiger partial charge in [-0.05, 0) is 32.9 Å². The summed E-state index contributed by atoms with van der Waals surface area (Å²) in [7, 11) is 0. The summed E-state index contributed by atoms with van der Waals surface area (Å²) < 4.78 is 0. The molecule has 2 rings (SSSR count). The van der Waals surface area contributed by atoms with E-state index in [1.807, 2.05) is 44.7 Å². The van der Waals surface area contributed by atoms with Gasteiger partial charge in [0.05, 0.1) is 17.3 Å². The highest BCUT2D eigenvalue weighted by atomic mass is 32.2. The molecule has 1 fully saturated rings. The minimum absolute atomic E-state index is 0.0436. The molecule has 0 unspecified atom stereocenters. The fourth-order valence-electron chi connectivity index (χ4n) is 2.83. The fourth-order valence-corrected chi connectivity index (χ4v) is 3.76. The molecular formula is C18H27N3O2S. The highest BCUT2D eigenvalue weighted by Crippen LogP contribution is 2.19. The minimum atomic E-state index is -0.192. The molecule has 1 atom stereocenters. The molecule has 0 radical (unpaired) electrons. The van der Waals surface area contributed by atoms with Crippen LogP contribution in [0.1, 0.15) is 31.1 Å². The van der Waals surface area contributed by atoms with E-state index in [1.54, 1.807) is 17.0 Å². The molecule has 0 aromatic heterocycles. The Bertz CT molecular complexity index is 569. The SMILES string of the molecule is CCN(CC)C(=O)c1ccccc1NC(=O)[C@@H](C)N1CCSCC1. The lowest BCUT2D eigenvalue weighted by atomic mass is 10.1. The van der Waals surface area contributed by atoms with Crippen LogP contribution in [0, 0.1) is 0 Å². The molecule has 1 aromatic rings. The van der Waals surface area contributed by atoms with Crippen LogP contribution in [0.3, 0.4) is 0 Å². The maximum absolute atomic E-state index is 12.6. The normalized spacial score (nSPS) is 16.5. The topological polar surface area (TPSA) is 52.7 Å². The zero-order chi connectivity index (χ0) is 17.5. The van der Waals surface area contributed by atoms with Gasteiger partial charge >= 0.3 is 0 Å². The molecule has 0 saturated carbocycles. The van der Waals surface area contributed by atoms with Crippen molar-refractivity contribution >= 4 is 29.3 Å². The fraction of sp³-hybridized carbons (Fsp3) is 0.556. The summed E-state index contributed by atoms with van der Waals surface area (Å²) in [6.07, 6.45) is 0. The maximum Gasteiger partial charge on any atom is 0.255 e. The summed E-state index contributed by atoms with van der Waals surface area (Å²) in [4.78, 5) is 29.2. The van der Waals surface area contributed by atoms with Gasteiger partial charge in [-0.2, -0.15) is 11.8 Å². The lowest BCUT2D eigenvalue weighted by Gasteiger charge is -2.31. The van der Waals surface area contributed by atoms with Gasteiger partial charge in [-0.1, -0.05) is 12.1 Å². The van der Waals surface area contributed by atoms with Gasteiger partial charge in [0.15, 0.2) is 0 Å². The van der Waals surface area contributed by atoms with Crippen LogP contribution in [0.5, 0.6) is 0 Å². The number of nitrogens with zero attached hydrogens (tertiary/aromatic N) is 2. The van der Waals surface area contributed by atoms with E-state index in [-0.39, 0.29) is 17.9 Å². The number of thioether (sulfide) groups is 1. The predicted molar refractivity (Wildman–Crippen MR) is 101 cm³/mol. The third-order valence-electron chi connectivity index (χ3n) is 4.44. The van der Waals surface area contributed by atoms with Crippen molar-refractivity contribution in [3.8, 4) is 0 Å². The third kappa shape index (κ3) is 4.51. The molecule has 1 aliphatic rings. The monoisotopic (exact) mass is 349 g/mol. The highest BCUT2D eigenvalue weighted by Gasteiger charge is 2.24. The molecule has 6 heteroatoms. The Balaban J connectivity index is 2.11. The molecule has 0 aliphatic carbocycles. The Kier molecular flexibility index (Phi) is 7.12. The zero-order valence-corrected chi connectivity index (χ0v) is 15.6. The Hall–Kier alpha value is -1.53. The molecule has 1 N–H and O–H groups in total. The van der Waals surface area contributed by atoms with Crippen LogP contribution in [-0.4, -0.2) is 65.3 Å². The molecule has 1 saturated heterocycles. The van der Waals surface area contributed by atoms with Gasteiger partial charge in [-0.25, -0.2) is 0 Å². The van der Waals surface area contributed by atoms with Crippen molar-refractivity contribution in [2.75, 3.05) is 43.0 Å². The Morgan fingerprint density at radius 1 is 1.21 bits per heavy atom. The molecular weight excluding hydrogens is 322 g/mol. The first-order chi connectivity index (χ1) is 11.6. The van der Waals surface area contributed by atoms with Crippen LogP contribution in [0.25, 0.3) is 0 Å². The maximum atomic E-state index is 12.6. The standard InChI is InChI=1S/C18H27N3O2S/c1-4-20(5-2)18(23)15-8-6-7-9-16(15)19-17(22)14(3)21-10-12-24-13-11-21/h6-9,14H,4-5,10-13H2,1-3H3,(H,19,22)/t14-/m1/s1. The summed E-state index contributed by atoms with van der Waals surface area (Å²) in [5.41, 5.74) is 1.15. The summed E-state index contributed by atoms with van der Waals surface area (Å²) >= 11 is 1.92. The van der Waals surface area contributed by atoms with Crippen molar-refractivity contribution in [2.45, 2.75) is 26.8 Å². The van der Waals surface area contributed by atoms with Crippen molar-refractivity contribution in [3.63, 3.8) is 0 Å². The lowest BCUT2D eigenvalue weighted by Crippen LogP contribution is -2.46. The van der Waals surface area contributed by atoms with Gasteiger partial charge in [0.2, 0.25) is 5.91 Å². The number of nitrogens with one attached hydrogen (secondary N) is 1. The number of hydrogen-bond donors (Lipinski definition) is 1. The van der Waals surface area contributed by atoms with Crippen molar-refractivity contribution in [3.05, 3.63) is 29.8 Å². The van der Waals surface area contributed by atoms with E-state index in [0.717, 1.165) is 24.6 Å². The van der Waals surface area contributed by atoms with Crippen LogP contribution < -0.4 is 5.32 Å². The smallest absolute Gasteiger partial charge is 0.255 e. The first-order valence-electron chi connectivity index (χ1n) is 8.59. The van der Waals surface area contributed by atoms with Crippen molar-refractivity contribution in [1.82, 2.24) is 9.80 Å². The van der Waals surface area contributed by atoms with Crippen LogP contribution in [0.2, 0.25) is 0 Å². The Morgan fingerprint density at radius 2 is 1.83 bits per heavy atom. The molecule has 132 valence electrons. The van der Waals surface area contributed by atoms with Crippen molar-refractivity contribution < 1.29 is 9.59 Å². The van der Waals surface area contributed by atoms with Gasteiger partial charge in [-0.15, -0.1) is 0 Å². The van der Waals surface area contributed by atoms with E-state index in [0.29, 0.717) is 24.3 Å². The summed E-state index contributed by atoms with van der Waals surface area (Å²) in [6, 6.07) is 7.06. The molecule has 0 bridgehead atoms. The van der Waals surface area contributed by atoms with Crippen LogP contribution in [0.15, 0.2) is 24.3 Å². The van der Waals surface area contributed by atoms with Crippen LogP contribution in [0.4, 0.5) is 5.69 Å². The van der Waals surface area contributed by atoms with E-state index in [4.69, 9.17) is 0 Å². The minimum Gasteiger partial charge on any atom is -0.339 e. The number of benzene rings is 1. The second kappa shape index (κ2) is 9.08. The molecule has 24 heavy (non-hydrogen) atoms. The average Bonchev–Trinajstić information content (AvgIpc) is 2.63. The van der Waals surface area contributed by atoms with Crippen molar-refractivity contribution in [1.29, 1.82) is 0 Å². The zero-order valence-electron chi connectivity index (χ0n) is 14.7. The van der Waals surface area contributed by atoms with Gasteiger partial charge in [0.25, 0.3) is 5.91 Å². The van der Waals surface area contributed by atoms with E-state index in [9.17, 15) is 9.59 Å². The van der Waals surface area contributed by atoms with E-state index in [2.05, 4.69) is 10.2 Å². The second-order valence-corrected chi connectivity index (χ2v) is 7.06. The van der Waals surface area contributed by atoms with E-state index >= 15 is 0 Å². The van der Waals surface area contributed by atoms with E-state index in [1.165, 1.54) is 0 Å². The molecule has 0 spiro atoms. The molecule has 2 amide bonds. The van der Waals surface area contributed by atoms with Gasteiger partial charge < -0.3 is 10.2 Å². The summed E-state index contributed by atoms with van der Waals surface area (Å²) in [5, 5.41) is 2.96. The molecule has 5 nitrogen and oxygen atoms in total. The number of hydrogen-bond acceptors (Lipinski definition) is 4. The van der Waals surface area contributed by atoms with Crippen LogP contribution >= 0.6 is 11.8 Å². The molecule has 1 aromatic carbocycles. The summed E-state index contributed by atoms with van der Waals surface area (Å²) in [5.74, 6) is 2.03. The molecule has 1 heterocycles. The predicted octanol–water partition coefficient (Wildman–Crippen LogP) is 2.54. The third-order valence-corrected chi connectivity index (χ3v) is 5.38. The number of amides is 2. The first-order valence-corrected chi connectivity index (χ1v) is 9.74. The quantitative estimate of drug-likeness (QED) is 0.857. The number of para-hydroxylation sites is 1. The highest BCUT2D eigenvalue weighted by molar-refractivity contribution is 7.99. The van der Waals surface area contributed by atoms with Crippen LogP contribution in [-0.2, 0) is 4.79 Å². The van der Waals surface area contributed by atoms with Gasteiger partial charge in [-0.3, -0.25) is 14.5 Å². The Labute approximate surface area is 148 Å². The second-order valence-electron chi connectivity index (χ2n) is 5.84. The Morgan fingerprint density at radius 3 is 2.46 bits per heavy atom. The number of carbonyl (C=O) groups excluding carboxylic acids is 2. The number of carbonyl (C=O) groups is 2. The number of anilines is 1. The first kappa shape index (κ1) is 18.8. The lowest BCUT2D eigenvalue weighted by molar-refractivity contribution is -0.120. The largest absolute Gasteiger partial charge is 0.339 e. The number of rotatable bonds is 6. The summed E-state index contributed by atoms with van der Waals surface area (Å²) in [6.45, 7) is 9.01. The van der Waals surface area contributed by atoms with E-state index < -0.39 is 0 Å². The van der Waals surface area contributed by atoms with Crippen molar-refractivity contribution in [2.24, 2.45) is 0 Å². The average molecular weight is 350 g/mol. The molecule has 1 aliphatic heterocycles. The van der Waals surface area contributed by atoms with Gasteiger partial charge in [0.1, 0.15) is 0 Å². The van der Waals surface area contributed by atoms with Gasteiger partial charge in [0, 0.05) is 37.7 Å².